The summed E-state index contributed by atoms with van der Waals surface area (Å²) < 4.78 is 36.9. The van der Waals surface area contributed by atoms with Crippen molar-refractivity contribution in [2.24, 2.45) is 0 Å². The number of halogens is 1. The maximum atomic E-state index is 12.3. The number of rotatable bonds is 7. The van der Waals surface area contributed by atoms with Gasteiger partial charge in [0.25, 0.3) is 5.89 Å². The molecule has 0 unspecified atom stereocenters. The smallest absolute Gasteiger partial charge is 0.324 e. The second-order valence-electron chi connectivity index (χ2n) is 5.66. The SMILES string of the molecule is C[C@H](NS(=O)(=O)c1ccc(Cl)cc1)C(=O)OCc1nc(-c2cccnc2)no1. The number of ether oxygens (including phenoxy) is 1. The molecule has 0 saturated carbocycles. The molecule has 0 aliphatic carbocycles. The summed E-state index contributed by atoms with van der Waals surface area (Å²) in [5.41, 5.74) is 0.646. The minimum absolute atomic E-state index is 0.0189. The lowest BCUT2D eigenvalue weighted by Gasteiger charge is -2.13. The van der Waals surface area contributed by atoms with Crippen molar-refractivity contribution in [1.82, 2.24) is 19.8 Å². The molecule has 1 N–H and O–H groups in total. The van der Waals surface area contributed by atoms with E-state index < -0.39 is 22.0 Å². The topological polar surface area (TPSA) is 124 Å². The van der Waals surface area contributed by atoms with Crippen molar-refractivity contribution in [2.45, 2.75) is 24.5 Å². The van der Waals surface area contributed by atoms with Crippen LogP contribution in [0.4, 0.5) is 0 Å². The van der Waals surface area contributed by atoms with Crippen LogP contribution in [0, 0.1) is 0 Å². The number of carbonyl (C=O) groups is 1. The largest absolute Gasteiger partial charge is 0.454 e. The van der Waals surface area contributed by atoms with Crippen molar-refractivity contribution in [3.8, 4) is 11.4 Å². The van der Waals surface area contributed by atoms with E-state index in [0.717, 1.165) is 0 Å². The maximum absolute atomic E-state index is 12.3. The number of aromatic nitrogens is 3. The number of nitrogens with zero attached hydrogens (tertiary/aromatic N) is 3. The molecule has 2 aromatic heterocycles. The zero-order chi connectivity index (χ0) is 20.1. The number of hydrogen-bond acceptors (Lipinski definition) is 8. The normalized spacial score (nSPS) is 12.5. The zero-order valence-electron chi connectivity index (χ0n) is 14.6. The highest BCUT2D eigenvalue weighted by Crippen LogP contribution is 2.15. The highest BCUT2D eigenvalue weighted by Gasteiger charge is 2.23. The zero-order valence-corrected chi connectivity index (χ0v) is 16.1. The second-order valence-corrected chi connectivity index (χ2v) is 7.81. The van der Waals surface area contributed by atoms with E-state index >= 15 is 0 Å². The summed E-state index contributed by atoms with van der Waals surface area (Å²) in [4.78, 5) is 20.1. The fourth-order valence-corrected chi connectivity index (χ4v) is 3.46. The Kier molecular flexibility index (Phi) is 6.02. The summed E-state index contributed by atoms with van der Waals surface area (Å²) in [7, 11) is -3.90. The van der Waals surface area contributed by atoms with Crippen molar-refractivity contribution in [3.05, 3.63) is 59.7 Å². The minimum atomic E-state index is -3.90. The van der Waals surface area contributed by atoms with Crippen molar-refractivity contribution in [3.63, 3.8) is 0 Å². The van der Waals surface area contributed by atoms with Gasteiger partial charge in [0.05, 0.1) is 4.90 Å². The van der Waals surface area contributed by atoms with E-state index in [9.17, 15) is 13.2 Å². The molecule has 11 heteroatoms. The molecule has 0 radical (unpaired) electrons. The highest BCUT2D eigenvalue weighted by molar-refractivity contribution is 7.89. The van der Waals surface area contributed by atoms with Gasteiger partial charge in [0.1, 0.15) is 6.04 Å². The van der Waals surface area contributed by atoms with Crippen molar-refractivity contribution < 1.29 is 22.5 Å². The first-order valence-corrected chi connectivity index (χ1v) is 9.89. The minimum Gasteiger partial charge on any atom is -0.454 e. The summed E-state index contributed by atoms with van der Waals surface area (Å²) in [6, 6.07) is 7.90. The first-order valence-electron chi connectivity index (χ1n) is 8.03. The quantitative estimate of drug-likeness (QED) is 0.574. The Morgan fingerprint density at radius 3 is 2.71 bits per heavy atom. The molecule has 28 heavy (non-hydrogen) atoms. The Hall–Kier alpha value is -2.82. The second kappa shape index (κ2) is 8.46. The van der Waals surface area contributed by atoms with Crippen LogP contribution in [0.2, 0.25) is 5.02 Å². The van der Waals surface area contributed by atoms with Crippen LogP contribution in [0.1, 0.15) is 12.8 Å². The number of carbonyl (C=O) groups excluding carboxylic acids is 1. The highest BCUT2D eigenvalue weighted by atomic mass is 35.5. The van der Waals surface area contributed by atoms with Crippen LogP contribution in [-0.4, -0.2) is 35.6 Å². The fraction of sp³-hybridized carbons (Fsp3) is 0.176. The number of esters is 1. The molecule has 2 heterocycles. The van der Waals surface area contributed by atoms with E-state index in [1.54, 1.807) is 24.5 Å². The Morgan fingerprint density at radius 1 is 1.29 bits per heavy atom. The van der Waals surface area contributed by atoms with E-state index in [-0.39, 0.29) is 17.4 Å². The standard InChI is InChI=1S/C17H15ClN4O5S/c1-11(22-28(24,25)14-6-4-13(18)5-7-14)17(23)26-10-15-20-16(21-27-15)12-3-2-8-19-9-12/h2-9,11,22H,10H2,1H3/t11-/m0/s1. The molecule has 0 aliphatic heterocycles. The monoisotopic (exact) mass is 422 g/mol. The van der Waals surface area contributed by atoms with Crippen LogP contribution in [-0.2, 0) is 26.2 Å². The van der Waals surface area contributed by atoms with Gasteiger partial charge in [-0.05, 0) is 43.3 Å². The molecule has 0 spiro atoms. The summed E-state index contributed by atoms with van der Waals surface area (Å²) >= 11 is 5.75. The van der Waals surface area contributed by atoms with Gasteiger partial charge in [0.2, 0.25) is 15.8 Å². The van der Waals surface area contributed by atoms with Gasteiger partial charge in [-0.15, -0.1) is 0 Å². The maximum Gasteiger partial charge on any atom is 0.324 e. The predicted octanol–water partition coefficient (Wildman–Crippen LogP) is 2.20. The van der Waals surface area contributed by atoms with Crippen LogP contribution >= 0.6 is 11.6 Å². The Balaban J connectivity index is 1.57. The lowest BCUT2D eigenvalue weighted by molar-refractivity contribution is -0.147. The molecule has 0 aliphatic rings. The number of sulfonamides is 1. The molecule has 0 fully saturated rings. The number of pyridine rings is 1. The van der Waals surface area contributed by atoms with Crippen LogP contribution in [0.25, 0.3) is 11.4 Å². The first-order chi connectivity index (χ1) is 13.3. The van der Waals surface area contributed by atoms with Crippen LogP contribution in [0.15, 0.2) is 58.2 Å². The summed E-state index contributed by atoms with van der Waals surface area (Å²) in [5, 5.41) is 4.18. The summed E-state index contributed by atoms with van der Waals surface area (Å²) in [6.07, 6.45) is 3.17. The molecule has 0 saturated heterocycles. The van der Waals surface area contributed by atoms with Gasteiger partial charge in [-0.1, -0.05) is 16.8 Å². The average Bonchev–Trinajstić information content (AvgIpc) is 3.16. The average molecular weight is 423 g/mol. The van der Waals surface area contributed by atoms with Gasteiger partial charge in [0, 0.05) is 23.0 Å². The predicted molar refractivity (Wildman–Crippen MR) is 98.6 cm³/mol. The molecule has 0 bridgehead atoms. The Bertz CT molecular complexity index is 1050. The number of benzene rings is 1. The molecule has 3 rings (SSSR count). The van der Waals surface area contributed by atoms with Gasteiger partial charge in [-0.2, -0.15) is 9.71 Å². The van der Waals surface area contributed by atoms with Crippen molar-refractivity contribution in [2.75, 3.05) is 0 Å². The van der Waals surface area contributed by atoms with E-state index in [0.29, 0.717) is 16.4 Å². The van der Waals surface area contributed by atoms with Crippen LogP contribution in [0.3, 0.4) is 0 Å². The van der Waals surface area contributed by atoms with E-state index in [1.165, 1.54) is 31.2 Å². The third-order valence-corrected chi connectivity index (χ3v) is 5.34. The third-order valence-electron chi connectivity index (χ3n) is 3.54. The number of hydrogen-bond donors (Lipinski definition) is 1. The van der Waals surface area contributed by atoms with Gasteiger partial charge in [-0.3, -0.25) is 9.78 Å². The Morgan fingerprint density at radius 2 is 2.04 bits per heavy atom. The van der Waals surface area contributed by atoms with E-state index in [2.05, 4.69) is 19.8 Å². The van der Waals surface area contributed by atoms with E-state index in [4.69, 9.17) is 20.9 Å². The Labute approximate surface area is 165 Å². The molecule has 9 nitrogen and oxygen atoms in total. The van der Waals surface area contributed by atoms with E-state index in [1.807, 2.05) is 0 Å². The lowest BCUT2D eigenvalue weighted by atomic mass is 10.3. The van der Waals surface area contributed by atoms with Gasteiger partial charge in [0.15, 0.2) is 6.61 Å². The molecule has 0 amide bonds. The van der Waals surface area contributed by atoms with Crippen molar-refractivity contribution >= 4 is 27.6 Å². The lowest BCUT2D eigenvalue weighted by Crippen LogP contribution is -2.39. The summed E-state index contributed by atoms with van der Waals surface area (Å²) in [5.74, 6) is -0.422. The molecule has 3 aromatic rings. The summed E-state index contributed by atoms with van der Waals surface area (Å²) in [6.45, 7) is 1.07. The van der Waals surface area contributed by atoms with Gasteiger partial charge in [-0.25, -0.2) is 8.42 Å². The van der Waals surface area contributed by atoms with Gasteiger partial charge >= 0.3 is 5.97 Å². The van der Waals surface area contributed by atoms with Gasteiger partial charge < -0.3 is 9.26 Å². The molecule has 146 valence electrons. The molecular formula is C17H15ClN4O5S. The molecule has 1 atom stereocenters. The van der Waals surface area contributed by atoms with Crippen LogP contribution < -0.4 is 4.72 Å². The first kappa shape index (κ1) is 19.9. The van der Waals surface area contributed by atoms with Crippen LogP contribution in [0.5, 0.6) is 0 Å². The van der Waals surface area contributed by atoms with Crippen molar-refractivity contribution in [1.29, 1.82) is 0 Å². The molecular weight excluding hydrogens is 408 g/mol. The number of nitrogens with one attached hydrogen (secondary N) is 1. The third kappa shape index (κ3) is 4.91. The molecule has 1 aromatic carbocycles. The fourth-order valence-electron chi connectivity index (χ4n) is 2.15.